The normalized spacial score (nSPS) is 13.2. The first-order chi connectivity index (χ1) is 5.70. The summed E-state index contributed by atoms with van der Waals surface area (Å²) in [5.41, 5.74) is 1.03. The Morgan fingerprint density at radius 2 is 2.25 bits per heavy atom. The van der Waals surface area contributed by atoms with Crippen molar-refractivity contribution in [2.24, 2.45) is 0 Å². The molecule has 1 unspecified atom stereocenters. The van der Waals surface area contributed by atoms with E-state index in [9.17, 15) is 4.79 Å². The lowest BCUT2D eigenvalue weighted by atomic mass is 10.0. The average molecular weight is 168 g/mol. The highest BCUT2D eigenvalue weighted by atomic mass is 16.1. The van der Waals surface area contributed by atoms with Crippen molar-refractivity contribution in [3.8, 4) is 0 Å². The number of nitrogens with one attached hydrogen (secondary N) is 1. The molecule has 0 bridgehead atoms. The highest BCUT2D eigenvalue weighted by Gasteiger charge is 2.10. The van der Waals surface area contributed by atoms with E-state index in [4.69, 9.17) is 0 Å². The van der Waals surface area contributed by atoms with E-state index in [1.807, 2.05) is 13.1 Å². The van der Waals surface area contributed by atoms with Crippen LogP contribution in [0, 0.1) is 0 Å². The zero-order valence-electron chi connectivity index (χ0n) is 7.92. The van der Waals surface area contributed by atoms with Crippen LogP contribution in [0.25, 0.3) is 0 Å². The van der Waals surface area contributed by atoms with Gasteiger partial charge in [-0.15, -0.1) is 0 Å². The lowest BCUT2D eigenvalue weighted by Gasteiger charge is -2.01. The molecule has 0 radical (unpaired) electrons. The van der Waals surface area contributed by atoms with Crippen LogP contribution >= 0.6 is 0 Å². The summed E-state index contributed by atoms with van der Waals surface area (Å²) in [5.74, 6) is 0.363. The molecular formula is C9H16N2O. The zero-order valence-corrected chi connectivity index (χ0v) is 7.92. The molecule has 0 saturated carbocycles. The Balaban J connectivity index is 3.02. The van der Waals surface area contributed by atoms with E-state index in [0.717, 1.165) is 18.5 Å². The van der Waals surface area contributed by atoms with Crippen molar-refractivity contribution in [1.29, 1.82) is 0 Å². The Hall–Kier alpha value is -0.990. The van der Waals surface area contributed by atoms with E-state index >= 15 is 0 Å². The molecule has 0 amide bonds. The molecule has 1 heterocycles. The van der Waals surface area contributed by atoms with E-state index in [2.05, 4.69) is 18.9 Å². The lowest BCUT2D eigenvalue weighted by Crippen LogP contribution is -2.18. The molecule has 0 fully saturated rings. The van der Waals surface area contributed by atoms with Gasteiger partial charge in [0, 0.05) is 18.3 Å². The van der Waals surface area contributed by atoms with Crippen molar-refractivity contribution in [3.63, 3.8) is 0 Å². The Labute approximate surface area is 72.4 Å². The van der Waals surface area contributed by atoms with Crippen molar-refractivity contribution in [3.05, 3.63) is 22.1 Å². The summed E-state index contributed by atoms with van der Waals surface area (Å²) in [7, 11) is 0. The van der Waals surface area contributed by atoms with Crippen LogP contribution in [0.15, 0.2) is 11.0 Å². The molecule has 0 spiro atoms. The fourth-order valence-electron chi connectivity index (χ4n) is 1.23. The van der Waals surface area contributed by atoms with E-state index in [0.29, 0.717) is 5.92 Å². The molecule has 1 aromatic heterocycles. The van der Waals surface area contributed by atoms with Gasteiger partial charge in [-0.3, -0.25) is 9.48 Å². The first kappa shape index (κ1) is 9.10. The fourth-order valence-corrected chi connectivity index (χ4v) is 1.23. The minimum atomic E-state index is 0.131. The summed E-state index contributed by atoms with van der Waals surface area (Å²) >= 11 is 0. The van der Waals surface area contributed by atoms with Gasteiger partial charge in [-0.25, -0.2) is 0 Å². The summed E-state index contributed by atoms with van der Waals surface area (Å²) in [6.07, 6.45) is 2.83. The van der Waals surface area contributed by atoms with Crippen LogP contribution < -0.4 is 5.56 Å². The van der Waals surface area contributed by atoms with Gasteiger partial charge in [0.1, 0.15) is 0 Å². The number of hydrogen-bond acceptors (Lipinski definition) is 1. The fraction of sp³-hybridized carbons (Fsp3) is 0.667. The molecule has 68 valence electrons. The second-order valence-electron chi connectivity index (χ2n) is 3.09. The number of H-pyrrole nitrogens is 1. The van der Waals surface area contributed by atoms with Gasteiger partial charge in [0.2, 0.25) is 0 Å². The van der Waals surface area contributed by atoms with Crippen molar-refractivity contribution in [2.45, 2.75) is 39.7 Å². The van der Waals surface area contributed by atoms with Crippen LogP contribution in [0.3, 0.4) is 0 Å². The maximum atomic E-state index is 11.5. The molecule has 0 aliphatic carbocycles. The number of aromatic amines is 1. The maximum absolute atomic E-state index is 11.5. The first-order valence-corrected chi connectivity index (χ1v) is 4.48. The number of aryl methyl sites for hydroxylation is 1. The Morgan fingerprint density at radius 3 is 2.67 bits per heavy atom. The van der Waals surface area contributed by atoms with Crippen LogP contribution in [-0.4, -0.2) is 9.78 Å². The van der Waals surface area contributed by atoms with Crippen molar-refractivity contribution < 1.29 is 0 Å². The molecule has 1 aromatic rings. The van der Waals surface area contributed by atoms with Gasteiger partial charge in [0.15, 0.2) is 0 Å². The predicted molar refractivity (Wildman–Crippen MR) is 49.4 cm³/mol. The van der Waals surface area contributed by atoms with Crippen LogP contribution in [0.5, 0.6) is 0 Å². The van der Waals surface area contributed by atoms with Gasteiger partial charge in [-0.2, -0.15) is 0 Å². The van der Waals surface area contributed by atoms with E-state index in [-0.39, 0.29) is 5.56 Å². The lowest BCUT2D eigenvalue weighted by molar-refractivity contribution is 0.632. The third kappa shape index (κ3) is 1.44. The number of rotatable bonds is 3. The van der Waals surface area contributed by atoms with E-state index < -0.39 is 0 Å². The third-order valence-electron chi connectivity index (χ3n) is 2.33. The molecule has 1 N–H and O–H groups in total. The second kappa shape index (κ2) is 3.61. The largest absolute Gasteiger partial charge is 0.303 e. The molecule has 0 saturated heterocycles. The summed E-state index contributed by atoms with van der Waals surface area (Å²) in [5, 5.41) is 2.94. The molecular weight excluding hydrogens is 152 g/mol. The second-order valence-corrected chi connectivity index (χ2v) is 3.09. The number of nitrogens with zero attached hydrogens (tertiary/aromatic N) is 1. The molecule has 12 heavy (non-hydrogen) atoms. The molecule has 3 heteroatoms. The molecule has 0 aromatic carbocycles. The van der Waals surface area contributed by atoms with Crippen LogP contribution in [0.2, 0.25) is 0 Å². The predicted octanol–water partition coefficient (Wildman–Crippen LogP) is 1.71. The quantitative estimate of drug-likeness (QED) is 0.733. The Bertz CT molecular complexity index is 298. The van der Waals surface area contributed by atoms with Gasteiger partial charge in [0.05, 0.1) is 0 Å². The monoisotopic (exact) mass is 168 g/mol. The van der Waals surface area contributed by atoms with E-state index in [1.54, 1.807) is 4.68 Å². The van der Waals surface area contributed by atoms with Gasteiger partial charge < -0.3 is 5.10 Å². The average Bonchev–Trinajstić information content (AvgIpc) is 2.45. The Kier molecular flexibility index (Phi) is 2.74. The number of hydrogen-bond donors (Lipinski definition) is 1. The summed E-state index contributed by atoms with van der Waals surface area (Å²) in [4.78, 5) is 11.5. The molecule has 1 atom stereocenters. The van der Waals surface area contributed by atoms with E-state index in [1.165, 1.54) is 0 Å². The number of aromatic nitrogens is 2. The van der Waals surface area contributed by atoms with Gasteiger partial charge in [-0.05, 0) is 19.3 Å². The standard InChI is InChI=1S/C9H16N2O/c1-4-7(3)8-6-10-11(5-2)9(8)12/h6-7,10H,4-5H2,1-3H3. The van der Waals surface area contributed by atoms with Crippen molar-refractivity contribution in [2.75, 3.05) is 0 Å². The minimum absolute atomic E-state index is 0.131. The molecule has 1 rings (SSSR count). The third-order valence-corrected chi connectivity index (χ3v) is 2.33. The van der Waals surface area contributed by atoms with Crippen molar-refractivity contribution in [1.82, 2.24) is 9.78 Å². The smallest absolute Gasteiger partial charge is 0.269 e. The minimum Gasteiger partial charge on any atom is -0.303 e. The SMILES string of the molecule is CCC(C)c1c[nH]n(CC)c1=O. The highest BCUT2D eigenvalue weighted by Crippen LogP contribution is 2.13. The topological polar surface area (TPSA) is 37.8 Å². The molecule has 3 nitrogen and oxygen atoms in total. The van der Waals surface area contributed by atoms with Crippen LogP contribution in [0.4, 0.5) is 0 Å². The molecule has 0 aliphatic heterocycles. The first-order valence-electron chi connectivity index (χ1n) is 4.48. The summed E-state index contributed by atoms with van der Waals surface area (Å²) in [6, 6.07) is 0. The van der Waals surface area contributed by atoms with Crippen molar-refractivity contribution >= 4 is 0 Å². The van der Waals surface area contributed by atoms with Crippen LogP contribution in [-0.2, 0) is 6.54 Å². The molecule has 0 aliphatic rings. The summed E-state index contributed by atoms with van der Waals surface area (Å²) < 4.78 is 1.63. The Morgan fingerprint density at radius 1 is 1.58 bits per heavy atom. The highest BCUT2D eigenvalue weighted by molar-refractivity contribution is 5.10. The zero-order chi connectivity index (χ0) is 9.14. The maximum Gasteiger partial charge on any atom is 0.269 e. The van der Waals surface area contributed by atoms with Gasteiger partial charge in [0.25, 0.3) is 5.56 Å². The van der Waals surface area contributed by atoms with Gasteiger partial charge in [-0.1, -0.05) is 13.8 Å². The summed E-state index contributed by atoms with van der Waals surface area (Å²) in [6.45, 7) is 6.84. The van der Waals surface area contributed by atoms with Crippen LogP contribution in [0.1, 0.15) is 38.7 Å². The van der Waals surface area contributed by atoms with Gasteiger partial charge >= 0.3 is 0 Å².